The highest BCUT2D eigenvalue weighted by atomic mass is 16.1. The molecule has 0 spiro atoms. The van der Waals surface area contributed by atoms with Crippen molar-refractivity contribution in [1.29, 1.82) is 0 Å². The van der Waals surface area contributed by atoms with Crippen molar-refractivity contribution in [2.24, 2.45) is 0 Å². The molecule has 126 valence electrons. The lowest BCUT2D eigenvalue weighted by molar-refractivity contribution is 0.104. The van der Waals surface area contributed by atoms with E-state index in [9.17, 15) is 9.59 Å². The summed E-state index contributed by atoms with van der Waals surface area (Å²) in [4.78, 5) is 25.4. The number of hydrogen-bond donors (Lipinski definition) is 0. The molecule has 2 aromatic carbocycles. The number of fused-ring (bicyclic) bond motifs is 1. The Kier molecular flexibility index (Phi) is 3.98. The van der Waals surface area contributed by atoms with Gasteiger partial charge in [0, 0.05) is 16.8 Å². The summed E-state index contributed by atoms with van der Waals surface area (Å²) in [6.45, 7) is 1.94. The first kappa shape index (κ1) is 16.0. The second-order valence-electron chi connectivity index (χ2n) is 6.20. The summed E-state index contributed by atoms with van der Waals surface area (Å²) < 4.78 is 1.87. The van der Waals surface area contributed by atoms with Gasteiger partial charge in [-0.3, -0.25) is 9.59 Å². The Hall–Kier alpha value is -3.46. The topological polar surface area (TPSA) is 38.5 Å². The molecule has 0 aliphatic carbocycles. The quantitative estimate of drug-likeness (QED) is 0.389. The first-order valence-electron chi connectivity index (χ1n) is 8.46. The lowest BCUT2D eigenvalue weighted by Crippen LogP contribution is -2.02. The van der Waals surface area contributed by atoms with E-state index in [-0.39, 0.29) is 5.78 Å². The van der Waals surface area contributed by atoms with Gasteiger partial charge in [0.2, 0.25) is 0 Å². The minimum Gasteiger partial charge on any atom is -0.310 e. The van der Waals surface area contributed by atoms with E-state index in [0.717, 1.165) is 23.1 Å². The van der Waals surface area contributed by atoms with Gasteiger partial charge < -0.3 is 4.40 Å². The molecular formula is C23H17NO2. The van der Waals surface area contributed by atoms with Crippen LogP contribution < -0.4 is 0 Å². The Balaban J connectivity index is 2.13. The third kappa shape index (κ3) is 2.45. The van der Waals surface area contributed by atoms with Crippen molar-refractivity contribution in [2.75, 3.05) is 0 Å². The van der Waals surface area contributed by atoms with Crippen molar-refractivity contribution in [2.45, 2.75) is 6.92 Å². The van der Waals surface area contributed by atoms with E-state index in [1.807, 2.05) is 78.1 Å². The van der Waals surface area contributed by atoms with Crippen molar-refractivity contribution in [3.8, 4) is 11.1 Å². The molecule has 0 saturated carbocycles. The lowest BCUT2D eigenvalue weighted by atomic mass is 9.95. The molecule has 4 aromatic rings. The number of aldehydes is 1. The van der Waals surface area contributed by atoms with E-state index in [2.05, 4.69) is 0 Å². The smallest absolute Gasteiger partial charge is 0.195 e. The Labute approximate surface area is 151 Å². The molecule has 0 N–H and O–H groups in total. The third-order valence-corrected chi connectivity index (χ3v) is 4.63. The molecule has 0 unspecified atom stereocenters. The molecule has 3 heteroatoms. The minimum absolute atomic E-state index is 0.0827. The van der Waals surface area contributed by atoms with Gasteiger partial charge in [0.1, 0.15) is 0 Å². The van der Waals surface area contributed by atoms with E-state index in [0.29, 0.717) is 22.4 Å². The maximum absolute atomic E-state index is 13.4. The SMILES string of the molecule is Cc1cccc2c(C(=O)c3ccccc3)c(-c3ccccc3)c(C=O)n12. The molecule has 2 aromatic heterocycles. The maximum Gasteiger partial charge on any atom is 0.195 e. The van der Waals surface area contributed by atoms with Crippen LogP contribution in [0.25, 0.3) is 16.6 Å². The number of carbonyl (C=O) groups excluding carboxylic acids is 2. The number of ketones is 1. The second-order valence-corrected chi connectivity index (χ2v) is 6.20. The molecular weight excluding hydrogens is 322 g/mol. The van der Waals surface area contributed by atoms with Crippen molar-refractivity contribution in [1.82, 2.24) is 4.40 Å². The lowest BCUT2D eigenvalue weighted by Gasteiger charge is -2.05. The molecule has 0 atom stereocenters. The summed E-state index contributed by atoms with van der Waals surface area (Å²) in [6.07, 6.45) is 0.837. The van der Waals surface area contributed by atoms with E-state index < -0.39 is 0 Å². The van der Waals surface area contributed by atoms with Crippen LogP contribution in [0, 0.1) is 6.92 Å². The van der Waals surface area contributed by atoms with Crippen LogP contribution in [0.1, 0.15) is 32.1 Å². The first-order valence-corrected chi connectivity index (χ1v) is 8.46. The van der Waals surface area contributed by atoms with Crippen LogP contribution in [0.2, 0.25) is 0 Å². The van der Waals surface area contributed by atoms with Gasteiger partial charge in [-0.2, -0.15) is 0 Å². The molecule has 0 aliphatic rings. The number of aryl methyl sites for hydroxylation is 1. The zero-order valence-electron chi connectivity index (χ0n) is 14.3. The largest absolute Gasteiger partial charge is 0.310 e. The predicted molar refractivity (Wildman–Crippen MR) is 103 cm³/mol. The summed E-state index contributed by atoms with van der Waals surface area (Å²) >= 11 is 0. The summed E-state index contributed by atoms with van der Waals surface area (Å²) in [7, 11) is 0. The van der Waals surface area contributed by atoms with Gasteiger partial charge in [-0.15, -0.1) is 0 Å². The Morgan fingerprint density at radius 1 is 0.846 bits per heavy atom. The van der Waals surface area contributed by atoms with Crippen molar-refractivity contribution < 1.29 is 9.59 Å². The van der Waals surface area contributed by atoms with Crippen LogP contribution in [0.5, 0.6) is 0 Å². The highest BCUT2D eigenvalue weighted by Crippen LogP contribution is 2.34. The third-order valence-electron chi connectivity index (χ3n) is 4.63. The number of aromatic nitrogens is 1. The van der Waals surface area contributed by atoms with E-state index >= 15 is 0 Å². The van der Waals surface area contributed by atoms with Crippen molar-refractivity contribution in [3.05, 3.63) is 101 Å². The Morgan fingerprint density at radius 2 is 1.50 bits per heavy atom. The molecule has 4 rings (SSSR count). The zero-order valence-corrected chi connectivity index (χ0v) is 14.3. The number of carbonyl (C=O) groups is 2. The van der Waals surface area contributed by atoms with Crippen molar-refractivity contribution in [3.63, 3.8) is 0 Å². The average molecular weight is 339 g/mol. The molecule has 0 radical (unpaired) electrons. The highest BCUT2D eigenvalue weighted by molar-refractivity contribution is 6.19. The fraction of sp³-hybridized carbons (Fsp3) is 0.0435. The minimum atomic E-state index is -0.0827. The van der Waals surface area contributed by atoms with E-state index in [1.54, 1.807) is 12.1 Å². The van der Waals surface area contributed by atoms with Gasteiger partial charge in [-0.05, 0) is 24.6 Å². The molecule has 3 nitrogen and oxygen atoms in total. The van der Waals surface area contributed by atoms with Crippen molar-refractivity contribution >= 4 is 17.6 Å². The van der Waals surface area contributed by atoms with Crippen LogP contribution in [-0.2, 0) is 0 Å². The number of hydrogen-bond acceptors (Lipinski definition) is 2. The van der Waals surface area contributed by atoms with Gasteiger partial charge in [0.05, 0.1) is 16.8 Å². The highest BCUT2D eigenvalue weighted by Gasteiger charge is 2.25. The molecule has 0 amide bonds. The Morgan fingerprint density at radius 3 is 2.15 bits per heavy atom. The molecule has 0 bridgehead atoms. The first-order chi connectivity index (χ1) is 12.7. The van der Waals surface area contributed by atoms with Gasteiger partial charge >= 0.3 is 0 Å². The van der Waals surface area contributed by atoms with E-state index in [1.165, 1.54) is 0 Å². The zero-order chi connectivity index (χ0) is 18.1. The van der Waals surface area contributed by atoms with Gasteiger partial charge in [-0.25, -0.2) is 0 Å². The fourth-order valence-corrected chi connectivity index (χ4v) is 3.47. The summed E-state index contributed by atoms with van der Waals surface area (Å²) in [5, 5.41) is 0. The second kappa shape index (κ2) is 6.45. The number of nitrogens with zero attached hydrogens (tertiary/aromatic N) is 1. The van der Waals surface area contributed by atoms with Crippen LogP contribution in [0.3, 0.4) is 0 Å². The average Bonchev–Trinajstić information content (AvgIpc) is 3.04. The monoisotopic (exact) mass is 339 g/mol. The number of benzene rings is 2. The molecule has 2 heterocycles. The Bertz CT molecular complexity index is 1110. The molecule has 0 fully saturated rings. The van der Waals surface area contributed by atoms with Gasteiger partial charge in [0.15, 0.2) is 12.1 Å². The predicted octanol–water partition coefficient (Wildman–Crippen LogP) is 4.96. The number of rotatable bonds is 4. The molecule has 0 saturated heterocycles. The number of pyridine rings is 1. The summed E-state index contributed by atoms with van der Waals surface area (Å²) in [5.41, 5.74) is 4.88. The van der Waals surface area contributed by atoms with Crippen LogP contribution >= 0.6 is 0 Å². The van der Waals surface area contributed by atoms with Gasteiger partial charge in [-0.1, -0.05) is 66.7 Å². The standard InChI is InChI=1S/C23H17NO2/c1-16-9-8-14-19-22(23(26)18-12-6-3-7-13-18)21(20(15-25)24(16)19)17-10-4-2-5-11-17/h2-15H,1H3. The van der Waals surface area contributed by atoms with Gasteiger partial charge in [0.25, 0.3) is 0 Å². The van der Waals surface area contributed by atoms with Crippen LogP contribution in [0.4, 0.5) is 0 Å². The van der Waals surface area contributed by atoms with Crippen LogP contribution in [0.15, 0.2) is 78.9 Å². The van der Waals surface area contributed by atoms with Crippen LogP contribution in [-0.4, -0.2) is 16.5 Å². The van der Waals surface area contributed by atoms with E-state index in [4.69, 9.17) is 0 Å². The summed E-state index contributed by atoms with van der Waals surface area (Å²) in [6, 6.07) is 24.5. The normalized spacial score (nSPS) is 10.8. The fourth-order valence-electron chi connectivity index (χ4n) is 3.47. The molecule has 26 heavy (non-hydrogen) atoms. The summed E-state index contributed by atoms with van der Waals surface area (Å²) in [5.74, 6) is -0.0827. The molecule has 0 aliphatic heterocycles. The maximum atomic E-state index is 13.4.